The van der Waals surface area contributed by atoms with E-state index in [9.17, 15) is 0 Å². The van der Waals surface area contributed by atoms with Crippen molar-refractivity contribution in [3.05, 3.63) is 181 Å². The molecule has 12 rings (SSSR count). The Kier molecular flexibility index (Phi) is 9.76. The zero-order chi connectivity index (χ0) is 46.7. The summed E-state index contributed by atoms with van der Waals surface area (Å²) >= 11 is 0. The van der Waals surface area contributed by atoms with E-state index in [1.807, 2.05) is 0 Å². The van der Waals surface area contributed by atoms with Gasteiger partial charge in [-0.25, -0.2) is 0 Å². The maximum Gasteiger partial charge on any atom is 0.140 e. The zero-order valence-corrected chi connectivity index (χ0v) is 40.7. The molecule has 0 nitrogen and oxygen atoms in total. The minimum absolute atomic E-state index is 0.0106. The van der Waals surface area contributed by atoms with Gasteiger partial charge in [-0.05, 0) is 149 Å². The van der Waals surface area contributed by atoms with Crippen molar-refractivity contribution in [3.63, 3.8) is 0 Å². The van der Waals surface area contributed by atoms with Crippen molar-refractivity contribution in [3.8, 4) is 44.5 Å². The average molecular weight is 860 g/mol. The lowest BCUT2D eigenvalue weighted by Gasteiger charge is -2.28. The molecule has 0 aliphatic rings. The number of hydrogen-bond acceptors (Lipinski definition) is 0. The maximum absolute atomic E-state index is 2.50. The van der Waals surface area contributed by atoms with Gasteiger partial charge in [0.2, 0.25) is 0 Å². The molecule has 0 atom stereocenters. The van der Waals surface area contributed by atoms with Crippen molar-refractivity contribution >= 4 is 155 Å². The van der Waals surface area contributed by atoms with E-state index in [-0.39, 0.29) is 5.41 Å². The van der Waals surface area contributed by atoms with E-state index in [2.05, 4.69) is 244 Å². The molecule has 316 valence electrons. The summed E-state index contributed by atoms with van der Waals surface area (Å²) in [6.45, 7) is 7.00. The minimum Gasteiger partial charge on any atom is -0.0874 e. The lowest BCUT2D eigenvalue weighted by atomic mass is 9.59. The van der Waals surface area contributed by atoms with Crippen LogP contribution in [0, 0.1) is 0 Å². The lowest BCUT2D eigenvalue weighted by Crippen LogP contribution is -2.44. The van der Waals surface area contributed by atoms with E-state index in [1.54, 1.807) is 0 Å². The van der Waals surface area contributed by atoms with Crippen LogP contribution in [-0.2, 0) is 5.41 Å². The Balaban J connectivity index is 1.15. The molecule has 0 radical (unpaired) electrons. The van der Waals surface area contributed by atoms with Gasteiger partial charge in [-0.2, -0.15) is 0 Å². The van der Waals surface area contributed by atoms with Crippen molar-refractivity contribution in [1.29, 1.82) is 0 Å². The number of rotatable bonds is 4. The molecule has 0 N–H and O–H groups in total. The van der Waals surface area contributed by atoms with Gasteiger partial charge in [0.05, 0.1) is 0 Å². The quantitative estimate of drug-likeness (QED) is 0.129. The Hall–Kier alpha value is -7.15. The van der Waals surface area contributed by atoms with E-state index >= 15 is 0 Å². The fourth-order valence-electron chi connectivity index (χ4n) is 12.2. The second-order valence-corrected chi connectivity index (χ2v) is 20.5. The van der Waals surface area contributed by atoms with E-state index in [0.29, 0.717) is 0 Å². The summed E-state index contributed by atoms with van der Waals surface area (Å²) < 4.78 is 0. The molecule has 0 heterocycles. The summed E-state index contributed by atoms with van der Waals surface area (Å²) in [5.41, 5.74) is 19.9. The highest BCUT2D eigenvalue weighted by Crippen LogP contribution is 2.46. The van der Waals surface area contributed by atoms with Crippen molar-refractivity contribution in [2.45, 2.75) is 26.2 Å². The van der Waals surface area contributed by atoms with Crippen molar-refractivity contribution in [2.24, 2.45) is 0 Å². The van der Waals surface area contributed by atoms with Crippen LogP contribution in [-0.4, -0.2) is 47.1 Å². The second kappa shape index (κ2) is 15.7. The van der Waals surface area contributed by atoms with Gasteiger partial charge >= 0.3 is 0 Å². The zero-order valence-electron chi connectivity index (χ0n) is 40.7. The summed E-state index contributed by atoms with van der Waals surface area (Å²) in [4.78, 5) is 0. The highest BCUT2D eigenvalue weighted by Gasteiger charge is 2.27. The first-order valence-electron chi connectivity index (χ1n) is 24.4. The van der Waals surface area contributed by atoms with Gasteiger partial charge in [-0.1, -0.05) is 211 Å². The van der Waals surface area contributed by atoms with Crippen molar-refractivity contribution < 1.29 is 0 Å². The molecular weight excluding hydrogens is 810 g/mol. The maximum atomic E-state index is 2.50. The summed E-state index contributed by atoms with van der Waals surface area (Å²) in [7, 11) is 14.3. The van der Waals surface area contributed by atoms with Gasteiger partial charge in [0.15, 0.2) is 0 Å². The topological polar surface area (TPSA) is 0 Å². The van der Waals surface area contributed by atoms with Crippen molar-refractivity contribution in [1.82, 2.24) is 0 Å². The van der Waals surface area contributed by atoms with Crippen LogP contribution in [0.2, 0.25) is 0 Å². The molecule has 0 aliphatic heterocycles. The predicted molar refractivity (Wildman–Crippen MR) is 318 cm³/mol. The van der Waals surface area contributed by atoms with E-state index in [0.717, 1.165) is 0 Å². The summed E-state index contributed by atoms with van der Waals surface area (Å²) in [6, 6.07) is 66.2. The molecule has 0 saturated carbocycles. The first-order chi connectivity index (χ1) is 32.9. The molecule has 6 heteroatoms. The van der Waals surface area contributed by atoms with Crippen LogP contribution in [0.3, 0.4) is 0 Å². The van der Waals surface area contributed by atoms with Crippen LogP contribution in [0.25, 0.3) is 120 Å². The van der Waals surface area contributed by atoms with Gasteiger partial charge in [-0.15, -0.1) is 0 Å². The van der Waals surface area contributed by atoms with Gasteiger partial charge in [0, 0.05) is 0 Å². The summed E-state index contributed by atoms with van der Waals surface area (Å²) in [6.07, 6.45) is 0. The van der Waals surface area contributed by atoms with Crippen LogP contribution < -0.4 is 32.8 Å². The van der Waals surface area contributed by atoms with Crippen LogP contribution in [0.15, 0.2) is 176 Å². The van der Waals surface area contributed by atoms with E-state index in [4.69, 9.17) is 0 Å². The molecule has 12 aromatic carbocycles. The fraction of sp³-hybridized carbons (Fsp3) is 0.0645. The van der Waals surface area contributed by atoms with Crippen LogP contribution >= 0.6 is 0 Å². The molecule has 0 aliphatic carbocycles. The molecule has 12 aromatic rings. The van der Waals surface area contributed by atoms with Crippen molar-refractivity contribution in [2.75, 3.05) is 0 Å². The highest BCUT2D eigenvalue weighted by atomic mass is 14.3. The lowest BCUT2D eigenvalue weighted by molar-refractivity contribution is 0.591. The first-order valence-corrected chi connectivity index (χ1v) is 24.4. The van der Waals surface area contributed by atoms with Crippen LogP contribution in [0.4, 0.5) is 0 Å². The smallest absolute Gasteiger partial charge is 0.0874 e. The first kappa shape index (κ1) is 42.2. The normalized spacial score (nSPS) is 12.1. The Morgan fingerprint density at radius 3 is 1.00 bits per heavy atom. The Bertz CT molecular complexity index is 4080. The summed E-state index contributed by atoms with van der Waals surface area (Å²) in [5.74, 6) is 0. The van der Waals surface area contributed by atoms with Gasteiger partial charge in [-0.3, -0.25) is 0 Å². The number of hydrogen-bond donors (Lipinski definition) is 0. The number of fused-ring (bicyclic) bond motifs is 7. The molecule has 0 spiro atoms. The van der Waals surface area contributed by atoms with Gasteiger partial charge in [0.1, 0.15) is 47.1 Å². The summed E-state index contributed by atoms with van der Waals surface area (Å²) in [5, 5.41) is 18.2. The average Bonchev–Trinajstić information content (AvgIpc) is 3.35. The largest absolute Gasteiger partial charge is 0.140 e. The molecule has 68 heavy (non-hydrogen) atoms. The SMILES string of the molecule is Bc1c(-c2c3ccccc3c(-c3ccc4ccccc4c3)c3cc(C(C)(C)C)ccc23)c(B)c2c(B)c(B)c(-c3c4ccccc4c(-c4ccc5ccccc5c4)c4ccccc34)c(B)c2c1B. The molecule has 0 saturated heterocycles. The third kappa shape index (κ3) is 6.30. The fourth-order valence-corrected chi connectivity index (χ4v) is 12.2. The number of benzene rings is 12. The molecule has 0 unspecified atom stereocenters. The molecule has 0 aromatic heterocycles. The van der Waals surface area contributed by atoms with E-state index in [1.165, 1.54) is 158 Å². The van der Waals surface area contributed by atoms with Gasteiger partial charge in [0.25, 0.3) is 0 Å². The Morgan fingerprint density at radius 1 is 0.265 bits per heavy atom. The minimum atomic E-state index is -0.0106. The van der Waals surface area contributed by atoms with Crippen LogP contribution in [0.5, 0.6) is 0 Å². The standard InChI is InChI=1S/C62H50B6/c1-62(2,3)39-28-29-46-47(32-39)49(38-27-25-34-15-5-7-17-36(34)31-38)42-20-10-13-23-45(42)51(46)53-57(64)55-54(61(68)59(53)66)56(63)52(58(65)60(55)67)50-43-21-11-8-18-40(43)48(41-19-9-12-22-44(41)50)37-26-24-33-14-4-6-16-35(33)30-37/h4-32H,63-68H2,1-3H3. The predicted octanol–water partition coefficient (Wildman–Crippen LogP) is 7.27. The third-order valence-corrected chi connectivity index (χ3v) is 15.8. The Labute approximate surface area is 405 Å². The molecule has 0 bridgehead atoms. The van der Waals surface area contributed by atoms with Crippen LogP contribution in [0.1, 0.15) is 26.3 Å². The van der Waals surface area contributed by atoms with E-state index < -0.39 is 0 Å². The van der Waals surface area contributed by atoms with Gasteiger partial charge < -0.3 is 0 Å². The highest BCUT2D eigenvalue weighted by molar-refractivity contribution is 6.69. The third-order valence-electron chi connectivity index (χ3n) is 15.8. The monoisotopic (exact) mass is 860 g/mol. The molecular formula is C62H50B6. The second-order valence-electron chi connectivity index (χ2n) is 20.5. The molecule has 0 fully saturated rings. The Morgan fingerprint density at radius 2 is 0.603 bits per heavy atom. The molecule has 0 amide bonds.